The highest BCUT2D eigenvalue weighted by atomic mass is 32.2. The van der Waals surface area contributed by atoms with Crippen LogP contribution in [0.25, 0.3) is 0 Å². The largest absolute Gasteiger partial charge is 0.478 e. The van der Waals surface area contributed by atoms with Crippen LogP contribution in [0, 0.1) is 5.92 Å². The molecule has 2 rings (SSSR count). The van der Waals surface area contributed by atoms with E-state index in [1.165, 1.54) is 12.1 Å². The van der Waals surface area contributed by atoms with Gasteiger partial charge in [-0.2, -0.15) is 11.8 Å². The maximum atomic E-state index is 12.0. The maximum absolute atomic E-state index is 12.0. The number of carboxylic acids is 1. The Hall–Kier alpha value is -1.29. The van der Waals surface area contributed by atoms with Crippen LogP contribution >= 0.6 is 11.8 Å². The molecule has 16 heavy (non-hydrogen) atoms. The van der Waals surface area contributed by atoms with Gasteiger partial charge in [-0.25, -0.2) is 4.79 Å². The van der Waals surface area contributed by atoms with Crippen molar-refractivity contribution in [3.05, 3.63) is 35.4 Å². The Bertz CT molecular complexity index is 405. The van der Waals surface area contributed by atoms with E-state index < -0.39 is 5.97 Å². The Morgan fingerprint density at radius 3 is 2.31 bits per heavy atom. The third-order valence-corrected chi connectivity index (χ3v) is 3.88. The first-order chi connectivity index (χ1) is 7.68. The molecule has 1 fully saturated rings. The van der Waals surface area contributed by atoms with Crippen LogP contribution in [0.15, 0.2) is 24.3 Å². The molecule has 0 spiro atoms. The molecule has 1 atom stereocenters. The van der Waals surface area contributed by atoms with E-state index in [9.17, 15) is 9.59 Å². The number of rotatable bonds is 3. The number of carbonyl (C=O) groups is 2. The van der Waals surface area contributed by atoms with Crippen LogP contribution in [-0.4, -0.2) is 28.4 Å². The van der Waals surface area contributed by atoms with E-state index in [-0.39, 0.29) is 17.3 Å². The van der Waals surface area contributed by atoms with Crippen LogP contribution in [0.4, 0.5) is 0 Å². The molecular weight excluding hydrogens is 224 g/mol. The highest BCUT2D eigenvalue weighted by Crippen LogP contribution is 2.26. The van der Waals surface area contributed by atoms with Gasteiger partial charge in [-0.05, 0) is 24.3 Å². The molecule has 1 aliphatic rings. The molecule has 0 radical (unpaired) electrons. The molecule has 0 amide bonds. The number of thioether (sulfide) groups is 1. The minimum absolute atomic E-state index is 0.112. The zero-order valence-electron chi connectivity index (χ0n) is 8.68. The van der Waals surface area contributed by atoms with Gasteiger partial charge in [0.05, 0.1) is 5.56 Å². The first kappa shape index (κ1) is 11.2. The van der Waals surface area contributed by atoms with Gasteiger partial charge < -0.3 is 5.11 Å². The number of benzene rings is 1. The second-order valence-electron chi connectivity index (χ2n) is 3.81. The molecule has 1 aromatic rings. The second-order valence-corrected chi connectivity index (χ2v) is 4.96. The molecule has 0 aromatic heterocycles. The number of carbonyl (C=O) groups excluding carboxylic acids is 1. The number of hydrogen-bond acceptors (Lipinski definition) is 3. The zero-order chi connectivity index (χ0) is 11.5. The summed E-state index contributed by atoms with van der Waals surface area (Å²) >= 11 is 1.80. The Labute approximate surface area is 97.9 Å². The number of aromatic carboxylic acids is 1. The SMILES string of the molecule is O=C(O)c1ccc(C(=O)C2CCSC2)cc1. The van der Waals surface area contributed by atoms with Gasteiger partial charge in [-0.15, -0.1) is 0 Å². The van der Waals surface area contributed by atoms with Crippen molar-refractivity contribution in [2.45, 2.75) is 6.42 Å². The number of ketones is 1. The van der Waals surface area contributed by atoms with Crippen LogP contribution in [0.5, 0.6) is 0 Å². The third kappa shape index (κ3) is 2.27. The van der Waals surface area contributed by atoms with E-state index in [1.54, 1.807) is 23.9 Å². The van der Waals surface area contributed by atoms with Crippen molar-refractivity contribution in [3.8, 4) is 0 Å². The predicted octanol–water partition coefficient (Wildman–Crippen LogP) is 2.32. The van der Waals surface area contributed by atoms with Crippen molar-refractivity contribution in [3.63, 3.8) is 0 Å². The molecule has 4 heteroatoms. The predicted molar refractivity (Wildman–Crippen MR) is 63.2 cm³/mol. The molecule has 1 aromatic carbocycles. The van der Waals surface area contributed by atoms with E-state index in [2.05, 4.69) is 0 Å². The number of carboxylic acid groups (broad SMARTS) is 1. The van der Waals surface area contributed by atoms with Gasteiger partial charge >= 0.3 is 5.97 Å². The molecule has 0 bridgehead atoms. The average molecular weight is 236 g/mol. The molecule has 3 nitrogen and oxygen atoms in total. The number of hydrogen-bond donors (Lipinski definition) is 1. The van der Waals surface area contributed by atoms with Gasteiger partial charge in [0, 0.05) is 17.2 Å². The van der Waals surface area contributed by atoms with Crippen molar-refractivity contribution in [2.24, 2.45) is 5.92 Å². The van der Waals surface area contributed by atoms with Crippen LogP contribution in [0.2, 0.25) is 0 Å². The van der Waals surface area contributed by atoms with Crippen molar-refractivity contribution in [1.82, 2.24) is 0 Å². The van der Waals surface area contributed by atoms with Gasteiger partial charge in [0.25, 0.3) is 0 Å². The summed E-state index contributed by atoms with van der Waals surface area (Å²) in [6.45, 7) is 0. The Morgan fingerprint density at radius 1 is 1.19 bits per heavy atom. The molecule has 0 aliphatic carbocycles. The van der Waals surface area contributed by atoms with Gasteiger partial charge in [-0.3, -0.25) is 4.79 Å². The normalized spacial score (nSPS) is 19.6. The summed E-state index contributed by atoms with van der Waals surface area (Å²) < 4.78 is 0. The third-order valence-electron chi connectivity index (χ3n) is 2.72. The fraction of sp³-hybridized carbons (Fsp3) is 0.333. The maximum Gasteiger partial charge on any atom is 0.335 e. The molecule has 84 valence electrons. The van der Waals surface area contributed by atoms with Crippen molar-refractivity contribution in [1.29, 1.82) is 0 Å². The second kappa shape index (κ2) is 4.70. The van der Waals surface area contributed by atoms with E-state index >= 15 is 0 Å². The average Bonchev–Trinajstić information content (AvgIpc) is 2.81. The first-order valence-electron chi connectivity index (χ1n) is 5.14. The smallest absolute Gasteiger partial charge is 0.335 e. The fourth-order valence-corrected chi connectivity index (χ4v) is 2.97. The topological polar surface area (TPSA) is 54.4 Å². The van der Waals surface area contributed by atoms with E-state index in [1.807, 2.05) is 0 Å². The molecule has 1 unspecified atom stereocenters. The van der Waals surface area contributed by atoms with Gasteiger partial charge in [0.15, 0.2) is 5.78 Å². The van der Waals surface area contributed by atoms with E-state index in [4.69, 9.17) is 5.11 Å². The van der Waals surface area contributed by atoms with Crippen LogP contribution in [-0.2, 0) is 0 Å². The van der Waals surface area contributed by atoms with Crippen LogP contribution < -0.4 is 0 Å². The van der Waals surface area contributed by atoms with Crippen LogP contribution in [0.1, 0.15) is 27.1 Å². The highest BCUT2D eigenvalue weighted by Gasteiger charge is 2.24. The van der Waals surface area contributed by atoms with Crippen molar-refractivity contribution < 1.29 is 14.7 Å². The van der Waals surface area contributed by atoms with Gasteiger partial charge in [0.2, 0.25) is 0 Å². The van der Waals surface area contributed by atoms with Crippen LogP contribution in [0.3, 0.4) is 0 Å². The quantitative estimate of drug-likeness (QED) is 0.818. The molecule has 1 N–H and O–H groups in total. The lowest BCUT2D eigenvalue weighted by atomic mass is 9.96. The Kier molecular flexibility index (Phi) is 3.29. The summed E-state index contributed by atoms with van der Waals surface area (Å²) in [5, 5.41) is 8.74. The Morgan fingerprint density at radius 2 is 1.81 bits per heavy atom. The van der Waals surface area contributed by atoms with Gasteiger partial charge in [-0.1, -0.05) is 12.1 Å². The molecule has 1 saturated heterocycles. The summed E-state index contributed by atoms with van der Waals surface area (Å²) in [5.41, 5.74) is 0.842. The highest BCUT2D eigenvalue weighted by molar-refractivity contribution is 7.99. The standard InChI is InChI=1S/C12H12O3S/c13-11(10-5-6-16-7-10)8-1-3-9(4-2-8)12(14)15/h1-4,10H,5-7H2,(H,14,15). The molecule has 1 heterocycles. The fourth-order valence-electron chi connectivity index (χ4n) is 1.75. The number of Topliss-reactive ketones (excluding diaryl/α,β-unsaturated/α-hetero) is 1. The summed E-state index contributed by atoms with van der Waals surface area (Å²) in [5.74, 6) is 1.22. The molecular formula is C12H12O3S. The lowest BCUT2D eigenvalue weighted by molar-refractivity contribution is 0.0696. The minimum atomic E-state index is -0.963. The minimum Gasteiger partial charge on any atom is -0.478 e. The summed E-state index contributed by atoms with van der Waals surface area (Å²) in [6.07, 6.45) is 0.935. The lowest BCUT2D eigenvalue weighted by Crippen LogP contribution is -2.13. The molecule has 0 saturated carbocycles. The summed E-state index contributed by atoms with van der Waals surface area (Å²) in [7, 11) is 0. The Balaban J connectivity index is 2.14. The summed E-state index contributed by atoms with van der Waals surface area (Å²) in [4.78, 5) is 22.6. The molecule has 1 aliphatic heterocycles. The van der Waals surface area contributed by atoms with Crippen molar-refractivity contribution in [2.75, 3.05) is 11.5 Å². The van der Waals surface area contributed by atoms with Gasteiger partial charge in [0.1, 0.15) is 0 Å². The van der Waals surface area contributed by atoms with Crippen molar-refractivity contribution >= 4 is 23.5 Å². The zero-order valence-corrected chi connectivity index (χ0v) is 9.50. The van der Waals surface area contributed by atoms with E-state index in [0.717, 1.165) is 17.9 Å². The monoisotopic (exact) mass is 236 g/mol. The first-order valence-corrected chi connectivity index (χ1v) is 6.29. The lowest BCUT2D eigenvalue weighted by Gasteiger charge is -2.06. The van der Waals surface area contributed by atoms with E-state index in [0.29, 0.717) is 5.56 Å². The summed E-state index contributed by atoms with van der Waals surface area (Å²) in [6, 6.07) is 6.18.